The number of urea groups is 1. The van der Waals surface area contributed by atoms with Crippen molar-refractivity contribution in [3.63, 3.8) is 0 Å². The quantitative estimate of drug-likeness (QED) is 0.642. The van der Waals surface area contributed by atoms with E-state index in [9.17, 15) is 19.2 Å². The Balaban J connectivity index is 1.92. The first-order valence-corrected chi connectivity index (χ1v) is 6.49. The van der Waals surface area contributed by atoms with E-state index < -0.39 is 29.5 Å². The summed E-state index contributed by atoms with van der Waals surface area (Å²) in [6, 6.07) is 9.31. The number of benzene rings is 1. The third kappa shape index (κ3) is 2.39. The van der Waals surface area contributed by atoms with Gasteiger partial charge in [0.2, 0.25) is 11.8 Å². The minimum atomic E-state index is -1.56. The van der Waals surface area contributed by atoms with Gasteiger partial charge in [0, 0.05) is 23.6 Å². The molecule has 0 unspecified atom stereocenters. The van der Waals surface area contributed by atoms with Crippen LogP contribution in [0.5, 0.6) is 0 Å². The zero-order valence-electron chi connectivity index (χ0n) is 11.3. The van der Waals surface area contributed by atoms with Crippen molar-refractivity contribution in [1.82, 2.24) is 15.2 Å². The first-order chi connectivity index (χ1) is 10.6. The number of hydrogen-bond acceptors (Lipinski definition) is 4. The summed E-state index contributed by atoms with van der Waals surface area (Å²) in [6.45, 7) is 0. The lowest BCUT2D eigenvalue weighted by Crippen LogP contribution is -2.57. The van der Waals surface area contributed by atoms with Gasteiger partial charge in [-0.05, 0) is 24.3 Å². The summed E-state index contributed by atoms with van der Waals surface area (Å²) < 4.78 is 1.79. The molecule has 1 aromatic heterocycles. The van der Waals surface area contributed by atoms with Crippen LogP contribution in [0.2, 0.25) is 0 Å². The van der Waals surface area contributed by atoms with E-state index in [1.54, 1.807) is 22.8 Å². The van der Waals surface area contributed by atoms with Crippen molar-refractivity contribution in [2.45, 2.75) is 0 Å². The topological polar surface area (TPSA) is 97.3 Å². The van der Waals surface area contributed by atoms with Crippen molar-refractivity contribution < 1.29 is 19.2 Å². The fraction of sp³-hybridized carbons (Fsp3) is 0.0667. The van der Waals surface area contributed by atoms with Crippen LogP contribution in [0.3, 0.4) is 0 Å². The molecule has 2 N–H and O–H groups in total. The van der Waals surface area contributed by atoms with E-state index in [1.165, 1.54) is 6.07 Å². The summed E-state index contributed by atoms with van der Waals surface area (Å²) >= 11 is 0. The molecule has 1 aliphatic rings. The van der Waals surface area contributed by atoms with E-state index in [0.717, 1.165) is 5.69 Å². The maximum Gasteiger partial charge on any atom is 0.328 e. The standard InChI is InChI=1S/C15H11N3O4/c19-12(11-13(20)16-15(22)17-14(11)21)9-4-3-5-10(8-9)18-6-1-2-7-18/h1-8,11H,(H2,16,17,20,21,22). The maximum atomic E-state index is 12.4. The van der Waals surface area contributed by atoms with Crippen molar-refractivity contribution in [3.8, 4) is 5.69 Å². The molecule has 7 heteroatoms. The summed E-state index contributed by atoms with van der Waals surface area (Å²) in [4.78, 5) is 46.9. The van der Waals surface area contributed by atoms with Crippen LogP contribution in [0.1, 0.15) is 10.4 Å². The van der Waals surface area contributed by atoms with Gasteiger partial charge in [0.1, 0.15) is 0 Å². The van der Waals surface area contributed by atoms with E-state index in [2.05, 4.69) is 0 Å². The van der Waals surface area contributed by atoms with Gasteiger partial charge in [-0.2, -0.15) is 0 Å². The van der Waals surface area contributed by atoms with Crippen LogP contribution in [0, 0.1) is 5.92 Å². The fourth-order valence-corrected chi connectivity index (χ4v) is 2.25. The largest absolute Gasteiger partial charge is 0.328 e. The van der Waals surface area contributed by atoms with Gasteiger partial charge in [0.05, 0.1) is 0 Å². The number of amides is 4. The first kappa shape index (κ1) is 13.7. The highest BCUT2D eigenvalue weighted by molar-refractivity contribution is 6.29. The molecule has 7 nitrogen and oxygen atoms in total. The van der Waals surface area contributed by atoms with E-state index in [4.69, 9.17) is 0 Å². The van der Waals surface area contributed by atoms with E-state index in [1.807, 2.05) is 35.2 Å². The molecule has 0 bridgehead atoms. The van der Waals surface area contributed by atoms with Crippen LogP contribution in [0.15, 0.2) is 48.8 Å². The lowest BCUT2D eigenvalue weighted by Gasteiger charge is -2.19. The zero-order valence-corrected chi connectivity index (χ0v) is 11.3. The van der Waals surface area contributed by atoms with Crippen LogP contribution in [0.4, 0.5) is 4.79 Å². The number of nitrogens with zero attached hydrogens (tertiary/aromatic N) is 1. The number of nitrogens with one attached hydrogen (secondary N) is 2. The highest BCUT2D eigenvalue weighted by Crippen LogP contribution is 2.16. The van der Waals surface area contributed by atoms with Gasteiger partial charge in [0.15, 0.2) is 11.7 Å². The third-order valence-electron chi connectivity index (χ3n) is 3.29. The monoisotopic (exact) mass is 297 g/mol. The zero-order chi connectivity index (χ0) is 15.7. The van der Waals surface area contributed by atoms with Crippen molar-refractivity contribution in [1.29, 1.82) is 0 Å². The Hall–Kier alpha value is -3.22. The van der Waals surface area contributed by atoms with Crippen molar-refractivity contribution in [3.05, 3.63) is 54.4 Å². The number of carbonyl (C=O) groups is 4. The second kappa shape index (κ2) is 5.28. The Morgan fingerprint density at radius 1 is 0.955 bits per heavy atom. The molecule has 110 valence electrons. The van der Waals surface area contributed by atoms with Crippen LogP contribution < -0.4 is 10.6 Å². The minimum Gasteiger partial charge on any atom is -0.324 e. The average molecular weight is 297 g/mol. The molecule has 0 saturated carbocycles. The van der Waals surface area contributed by atoms with Gasteiger partial charge in [-0.15, -0.1) is 0 Å². The van der Waals surface area contributed by atoms with Crippen molar-refractivity contribution >= 4 is 23.6 Å². The molecule has 1 aliphatic heterocycles. The SMILES string of the molecule is O=C1NC(=O)C(C(=O)c2cccc(-n3cccc3)c2)C(=O)N1. The molecule has 0 aliphatic carbocycles. The van der Waals surface area contributed by atoms with Crippen LogP contribution in [0.25, 0.3) is 5.69 Å². The molecule has 3 rings (SSSR count). The Kier molecular flexibility index (Phi) is 3.30. The first-order valence-electron chi connectivity index (χ1n) is 6.49. The number of hydrogen-bond donors (Lipinski definition) is 2. The number of rotatable bonds is 3. The highest BCUT2D eigenvalue weighted by Gasteiger charge is 2.40. The van der Waals surface area contributed by atoms with Gasteiger partial charge < -0.3 is 4.57 Å². The second-order valence-electron chi connectivity index (χ2n) is 4.75. The van der Waals surface area contributed by atoms with Gasteiger partial charge >= 0.3 is 6.03 Å². The summed E-state index contributed by atoms with van der Waals surface area (Å²) in [5, 5.41) is 3.83. The lowest BCUT2D eigenvalue weighted by molar-refractivity contribution is -0.133. The summed E-state index contributed by atoms with van der Waals surface area (Å²) in [7, 11) is 0. The molecule has 4 amide bonds. The molecule has 1 saturated heterocycles. The van der Waals surface area contributed by atoms with Crippen molar-refractivity contribution in [2.75, 3.05) is 0 Å². The lowest BCUT2D eigenvalue weighted by atomic mass is 9.94. The predicted octanol–water partition coefficient (Wildman–Crippen LogP) is 0.642. The van der Waals surface area contributed by atoms with Gasteiger partial charge in [-0.1, -0.05) is 12.1 Å². The van der Waals surface area contributed by atoms with Crippen LogP contribution in [-0.4, -0.2) is 28.2 Å². The average Bonchev–Trinajstić information content (AvgIpc) is 3.00. The van der Waals surface area contributed by atoms with E-state index in [0.29, 0.717) is 0 Å². The van der Waals surface area contributed by atoms with Gasteiger partial charge in [-0.3, -0.25) is 25.0 Å². The van der Waals surface area contributed by atoms with Gasteiger partial charge in [-0.25, -0.2) is 4.79 Å². The maximum absolute atomic E-state index is 12.4. The number of ketones is 1. The summed E-state index contributed by atoms with van der Waals surface area (Å²) in [5.41, 5.74) is 0.944. The highest BCUT2D eigenvalue weighted by atomic mass is 16.2. The Bertz CT molecular complexity index is 760. The van der Waals surface area contributed by atoms with E-state index in [-0.39, 0.29) is 5.56 Å². The Morgan fingerprint density at radius 2 is 1.59 bits per heavy atom. The molecule has 2 aromatic rings. The Labute approximate surface area is 124 Å². The molecule has 1 fully saturated rings. The van der Waals surface area contributed by atoms with Gasteiger partial charge in [0.25, 0.3) is 0 Å². The number of barbiturate groups is 1. The summed E-state index contributed by atoms with van der Waals surface area (Å²) in [5.74, 6) is -4.04. The van der Waals surface area contributed by atoms with E-state index >= 15 is 0 Å². The molecule has 0 spiro atoms. The predicted molar refractivity (Wildman–Crippen MR) is 75.3 cm³/mol. The van der Waals surface area contributed by atoms with Crippen molar-refractivity contribution in [2.24, 2.45) is 5.92 Å². The molecule has 22 heavy (non-hydrogen) atoms. The van der Waals surface area contributed by atoms with Crippen LogP contribution >= 0.6 is 0 Å². The molecular formula is C15H11N3O4. The molecule has 1 aromatic carbocycles. The fourth-order valence-electron chi connectivity index (χ4n) is 2.25. The second-order valence-corrected chi connectivity index (χ2v) is 4.75. The smallest absolute Gasteiger partial charge is 0.324 e. The molecule has 2 heterocycles. The number of carbonyl (C=O) groups excluding carboxylic acids is 4. The molecule has 0 radical (unpaired) electrons. The molecule has 0 atom stereocenters. The number of Topliss-reactive ketones (excluding diaryl/α,β-unsaturated/α-hetero) is 1. The Morgan fingerprint density at radius 3 is 2.23 bits per heavy atom. The summed E-state index contributed by atoms with van der Waals surface area (Å²) in [6.07, 6.45) is 3.62. The number of aromatic nitrogens is 1. The number of imide groups is 2. The van der Waals surface area contributed by atoms with Crippen LogP contribution in [-0.2, 0) is 9.59 Å². The normalized spacial score (nSPS) is 15.4. The molecular weight excluding hydrogens is 286 g/mol. The minimum absolute atomic E-state index is 0.218. The third-order valence-corrected chi connectivity index (χ3v) is 3.29.